The molecule has 0 atom stereocenters. The maximum absolute atomic E-state index is 14.0. The predicted octanol–water partition coefficient (Wildman–Crippen LogP) is 8.27. The molecule has 3 aromatic carbocycles. The van der Waals surface area contributed by atoms with Gasteiger partial charge < -0.3 is 14.3 Å². The third kappa shape index (κ3) is 5.05. The van der Waals surface area contributed by atoms with Crippen molar-refractivity contribution in [2.75, 3.05) is 6.61 Å². The zero-order chi connectivity index (χ0) is 25.9. The summed E-state index contributed by atoms with van der Waals surface area (Å²) in [6.45, 7) is 2.08. The average Bonchev–Trinajstić information content (AvgIpc) is 3.28. The molecule has 1 heterocycles. The van der Waals surface area contributed by atoms with Crippen molar-refractivity contribution in [2.45, 2.75) is 26.2 Å². The minimum absolute atomic E-state index is 0.0626. The predicted molar refractivity (Wildman–Crippen MR) is 145 cm³/mol. The Morgan fingerprint density at radius 3 is 2.59 bits per heavy atom. The van der Waals surface area contributed by atoms with Gasteiger partial charge in [-0.25, -0.2) is 9.18 Å². The van der Waals surface area contributed by atoms with Gasteiger partial charge in [-0.3, -0.25) is 0 Å². The van der Waals surface area contributed by atoms with Crippen molar-refractivity contribution in [3.8, 4) is 5.75 Å². The Hall–Kier alpha value is -3.83. The highest BCUT2D eigenvalue weighted by Crippen LogP contribution is 2.48. The number of phenols is 1. The summed E-state index contributed by atoms with van der Waals surface area (Å²) in [4.78, 5) is 11.7. The van der Waals surface area contributed by atoms with E-state index in [9.17, 15) is 14.3 Å². The van der Waals surface area contributed by atoms with E-state index >= 15 is 0 Å². The molecule has 6 heteroatoms. The summed E-state index contributed by atoms with van der Waals surface area (Å²) in [5.74, 6) is -0.481. The van der Waals surface area contributed by atoms with E-state index in [1.807, 2.05) is 30.3 Å². The molecular formula is C31H26ClFO4. The number of aromatic hydroxyl groups is 1. The molecule has 37 heavy (non-hydrogen) atoms. The number of carbonyl (C=O) groups excluding carboxylic acids is 1. The van der Waals surface area contributed by atoms with Gasteiger partial charge in [-0.15, -0.1) is 0 Å². The zero-order valence-corrected chi connectivity index (χ0v) is 21.1. The number of furan rings is 1. The number of ether oxygens (including phenoxy) is 1. The summed E-state index contributed by atoms with van der Waals surface area (Å²) in [5.41, 5.74) is 5.71. The van der Waals surface area contributed by atoms with Crippen LogP contribution in [-0.2, 0) is 9.53 Å². The second-order valence-electron chi connectivity index (χ2n) is 9.05. The first-order chi connectivity index (χ1) is 18.0. The number of hydrogen-bond acceptors (Lipinski definition) is 4. The Bertz CT molecular complexity index is 1510. The molecule has 0 aliphatic heterocycles. The molecule has 1 N–H and O–H groups in total. The molecule has 0 radical (unpaired) electrons. The minimum atomic E-state index is -0.393. The maximum Gasteiger partial charge on any atom is 0.330 e. The first-order valence-electron chi connectivity index (χ1n) is 12.3. The van der Waals surface area contributed by atoms with Crippen molar-refractivity contribution in [1.82, 2.24) is 0 Å². The summed E-state index contributed by atoms with van der Waals surface area (Å²) in [7, 11) is 0. The number of rotatable bonds is 7. The van der Waals surface area contributed by atoms with Crippen LogP contribution >= 0.6 is 11.6 Å². The fourth-order valence-corrected chi connectivity index (χ4v) is 5.04. The van der Waals surface area contributed by atoms with Crippen LogP contribution in [0.4, 0.5) is 4.39 Å². The van der Waals surface area contributed by atoms with Gasteiger partial charge in [0.2, 0.25) is 0 Å². The van der Waals surface area contributed by atoms with Crippen LogP contribution in [0.1, 0.15) is 48.4 Å². The monoisotopic (exact) mass is 516 g/mol. The van der Waals surface area contributed by atoms with E-state index in [4.69, 9.17) is 20.8 Å². The summed E-state index contributed by atoms with van der Waals surface area (Å²) in [6, 6.07) is 17.6. The molecule has 0 bridgehead atoms. The van der Waals surface area contributed by atoms with Gasteiger partial charge in [0.05, 0.1) is 17.9 Å². The third-order valence-electron chi connectivity index (χ3n) is 6.75. The van der Waals surface area contributed by atoms with Gasteiger partial charge in [0.1, 0.15) is 5.82 Å². The van der Waals surface area contributed by atoms with E-state index < -0.39 is 5.97 Å². The van der Waals surface area contributed by atoms with Gasteiger partial charge in [-0.1, -0.05) is 60.5 Å². The number of carbonyl (C=O) groups is 1. The van der Waals surface area contributed by atoms with Crippen LogP contribution in [0, 0.1) is 11.7 Å². The van der Waals surface area contributed by atoms with Gasteiger partial charge >= 0.3 is 5.97 Å². The molecule has 1 fully saturated rings. The SMILES string of the molecule is CCOC(=O)C=Cc1ccc(C(=C(c2ccc(F)cc2Cl)C2CCC2)c2coc3c(O)cccc23)cc1. The number of allylic oxidation sites excluding steroid dienone is 1. The van der Waals surface area contributed by atoms with Crippen molar-refractivity contribution in [3.63, 3.8) is 0 Å². The Morgan fingerprint density at radius 1 is 1.14 bits per heavy atom. The molecule has 1 aromatic heterocycles. The number of phenolic OH excluding ortho intramolecular Hbond substituents is 1. The topological polar surface area (TPSA) is 59.7 Å². The van der Waals surface area contributed by atoms with Crippen molar-refractivity contribution in [2.24, 2.45) is 5.92 Å². The van der Waals surface area contributed by atoms with Gasteiger partial charge in [0.15, 0.2) is 11.3 Å². The fraction of sp³-hybridized carbons (Fsp3) is 0.194. The van der Waals surface area contributed by atoms with Crippen molar-refractivity contribution < 1.29 is 23.4 Å². The molecule has 0 amide bonds. The van der Waals surface area contributed by atoms with E-state index in [1.54, 1.807) is 37.5 Å². The molecule has 5 rings (SSSR count). The largest absolute Gasteiger partial charge is 0.504 e. The standard InChI is InChI=1S/C31H26ClFO4/c1-2-36-28(35)16-11-19-9-12-21(13-10-19)30(25-18-37-31-23(25)7-4-8-27(31)34)29(20-5-3-6-20)24-15-14-22(33)17-26(24)32/h4,7-18,20,34H,2-3,5-6H2,1H3. The lowest BCUT2D eigenvalue weighted by atomic mass is 9.73. The minimum Gasteiger partial charge on any atom is -0.504 e. The van der Waals surface area contributed by atoms with Crippen LogP contribution in [-0.4, -0.2) is 17.7 Å². The lowest BCUT2D eigenvalue weighted by Crippen LogP contribution is -2.15. The Kier molecular flexibility index (Phi) is 7.15. The molecule has 0 spiro atoms. The number of hydrogen-bond donors (Lipinski definition) is 1. The number of para-hydroxylation sites is 1. The molecule has 1 saturated carbocycles. The highest BCUT2D eigenvalue weighted by atomic mass is 35.5. The highest BCUT2D eigenvalue weighted by molar-refractivity contribution is 6.33. The molecule has 1 aliphatic carbocycles. The van der Waals surface area contributed by atoms with E-state index in [2.05, 4.69) is 0 Å². The van der Waals surface area contributed by atoms with Gasteiger partial charge in [-0.2, -0.15) is 0 Å². The van der Waals surface area contributed by atoms with Crippen LogP contribution in [0.3, 0.4) is 0 Å². The second-order valence-corrected chi connectivity index (χ2v) is 9.46. The van der Waals surface area contributed by atoms with Crippen molar-refractivity contribution in [3.05, 3.63) is 106 Å². The molecule has 0 unspecified atom stereocenters. The van der Waals surface area contributed by atoms with Crippen LogP contribution < -0.4 is 0 Å². The molecule has 1 aliphatic rings. The number of benzene rings is 3. The highest BCUT2D eigenvalue weighted by Gasteiger charge is 2.30. The second kappa shape index (κ2) is 10.7. The first kappa shape index (κ1) is 24.8. The van der Waals surface area contributed by atoms with Gasteiger partial charge in [0.25, 0.3) is 0 Å². The zero-order valence-electron chi connectivity index (χ0n) is 20.3. The van der Waals surface area contributed by atoms with Crippen molar-refractivity contribution in [1.29, 1.82) is 0 Å². The van der Waals surface area contributed by atoms with Gasteiger partial charge in [-0.05, 0) is 77.8 Å². The molecule has 4 nitrogen and oxygen atoms in total. The van der Waals surface area contributed by atoms with E-state index in [-0.39, 0.29) is 17.5 Å². The lowest BCUT2D eigenvalue weighted by Gasteiger charge is -2.32. The lowest BCUT2D eigenvalue weighted by molar-refractivity contribution is -0.137. The quantitative estimate of drug-likeness (QED) is 0.152. The van der Waals surface area contributed by atoms with Crippen LogP contribution in [0.2, 0.25) is 5.02 Å². The van der Waals surface area contributed by atoms with Crippen LogP contribution in [0.5, 0.6) is 5.75 Å². The van der Waals surface area contributed by atoms with Crippen molar-refractivity contribution >= 4 is 45.8 Å². The molecule has 188 valence electrons. The third-order valence-corrected chi connectivity index (χ3v) is 7.06. The number of fused-ring (bicyclic) bond motifs is 1. The van der Waals surface area contributed by atoms with E-state index in [1.165, 1.54) is 18.2 Å². The Morgan fingerprint density at radius 2 is 1.92 bits per heavy atom. The summed E-state index contributed by atoms with van der Waals surface area (Å²) in [5, 5.41) is 11.5. The summed E-state index contributed by atoms with van der Waals surface area (Å²) < 4.78 is 24.8. The molecule has 0 saturated heterocycles. The van der Waals surface area contributed by atoms with Crippen LogP contribution in [0.15, 0.2) is 77.4 Å². The summed E-state index contributed by atoms with van der Waals surface area (Å²) >= 11 is 6.62. The first-order valence-corrected chi connectivity index (χ1v) is 12.7. The molecular weight excluding hydrogens is 491 g/mol. The van der Waals surface area contributed by atoms with E-state index in [0.717, 1.165) is 58.0 Å². The molecule has 4 aromatic rings. The van der Waals surface area contributed by atoms with Gasteiger partial charge in [0, 0.05) is 17.0 Å². The smallest absolute Gasteiger partial charge is 0.330 e. The van der Waals surface area contributed by atoms with E-state index in [0.29, 0.717) is 17.2 Å². The number of halogens is 2. The summed E-state index contributed by atoms with van der Waals surface area (Å²) in [6.07, 6.45) is 7.86. The fourth-order valence-electron chi connectivity index (χ4n) is 4.77. The Labute approximate surface area is 219 Å². The average molecular weight is 517 g/mol. The van der Waals surface area contributed by atoms with Crippen LogP contribution in [0.25, 0.3) is 28.2 Å². The Balaban J connectivity index is 1.72. The number of esters is 1. The maximum atomic E-state index is 14.0. The normalized spacial score (nSPS) is 14.6.